The highest BCUT2D eigenvalue weighted by Crippen LogP contribution is 2.31. The minimum Gasteiger partial charge on any atom is -0.495 e. The van der Waals surface area contributed by atoms with Crippen molar-refractivity contribution in [2.24, 2.45) is 11.7 Å². The number of amides is 1. The van der Waals surface area contributed by atoms with E-state index in [4.69, 9.17) is 22.1 Å². The summed E-state index contributed by atoms with van der Waals surface area (Å²) in [6.07, 6.45) is 3.73. The molecule has 1 aromatic carbocycles. The number of hydrogen-bond donors (Lipinski definition) is 1. The number of nitrogens with zero attached hydrogens (tertiary/aromatic N) is 1. The third-order valence-electron chi connectivity index (χ3n) is 3.92. The SMILES string of the molecule is COc1ccc(N(C)C(=O)C2CCCC(N)C2)cc1Cl. The van der Waals surface area contributed by atoms with E-state index in [1.165, 1.54) is 0 Å². The molecule has 1 fully saturated rings. The molecule has 4 nitrogen and oxygen atoms in total. The Bertz CT molecular complexity index is 493. The molecule has 1 aromatic rings. The van der Waals surface area contributed by atoms with Gasteiger partial charge in [0.15, 0.2) is 0 Å². The van der Waals surface area contributed by atoms with Crippen molar-refractivity contribution < 1.29 is 9.53 Å². The molecule has 1 amide bonds. The predicted molar refractivity (Wildman–Crippen MR) is 81.3 cm³/mol. The van der Waals surface area contributed by atoms with Crippen LogP contribution in [0, 0.1) is 5.92 Å². The standard InChI is InChI=1S/C15H21ClN2O2/c1-18(12-6-7-14(20-2)13(16)9-12)15(19)10-4-3-5-11(17)8-10/h6-7,9-11H,3-5,8,17H2,1-2H3. The number of carbonyl (C=O) groups excluding carboxylic acids is 1. The van der Waals surface area contributed by atoms with E-state index in [9.17, 15) is 4.79 Å². The summed E-state index contributed by atoms with van der Waals surface area (Å²) in [5, 5.41) is 0.505. The largest absolute Gasteiger partial charge is 0.495 e. The molecular weight excluding hydrogens is 276 g/mol. The van der Waals surface area contributed by atoms with Crippen LogP contribution in [0.3, 0.4) is 0 Å². The van der Waals surface area contributed by atoms with Gasteiger partial charge in [0.1, 0.15) is 5.75 Å². The molecule has 0 saturated heterocycles. The van der Waals surface area contributed by atoms with Gasteiger partial charge in [-0.05, 0) is 37.5 Å². The molecule has 1 saturated carbocycles. The second-order valence-electron chi connectivity index (χ2n) is 5.34. The Hall–Kier alpha value is -1.26. The summed E-state index contributed by atoms with van der Waals surface area (Å²) < 4.78 is 5.12. The fourth-order valence-electron chi connectivity index (χ4n) is 2.72. The van der Waals surface area contributed by atoms with Gasteiger partial charge in [-0.1, -0.05) is 18.0 Å². The van der Waals surface area contributed by atoms with Gasteiger partial charge in [-0.15, -0.1) is 0 Å². The number of methoxy groups -OCH3 is 1. The molecule has 0 aromatic heterocycles. The summed E-state index contributed by atoms with van der Waals surface area (Å²) in [4.78, 5) is 14.2. The number of nitrogens with two attached hydrogens (primary N) is 1. The summed E-state index contributed by atoms with van der Waals surface area (Å²) in [6, 6.07) is 5.51. The Morgan fingerprint density at radius 2 is 2.20 bits per heavy atom. The van der Waals surface area contributed by atoms with Gasteiger partial charge in [-0.25, -0.2) is 0 Å². The van der Waals surface area contributed by atoms with Gasteiger partial charge in [0.25, 0.3) is 0 Å². The summed E-state index contributed by atoms with van der Waals surface area (Å²) >= 11 is 6.10. The van der Waals surface area contributed by atoms with Crippen LogP contribution in [0.25, 0.3) is 0 Å². The lowest BCUT2D eigenvalue weighted by molar-refractivity contribution is -0.123. The number of rotatable bonds is 3. The first-order chi connectivity index (χ1) is 9.52. The molecule has 2 unspecified atom stereocenters. The van der Waals surface area contributed by atoms with Crippen LogP contribution in [0.5, 0.6) is 5.75 Å². The summed E-state index contributed by atoms with van der Waals surface area (Å²) in [6.45, 7) is 0. The fourth-order valence-corrected chi connectivity index (χ4v) is 2.97. The van der Waals surface area contributed by atoms with Crippen LogP contribution >= 0.6 is 11.6 Å². The van der Waals surface area contributed by atoms with Crippen LogP contribution in [0.15, 0.2) is 18.2 Å². The van der Waals surface area contributed by atoms with Gasteiger partial charge >= 0.3 is 0 Å². The number of halogens is 1. The third kappa shape index (κ3) is 3.25. The second-order valence-corrected chi connectivity index (χ2v) is 5.75. The van der Waals surface area contributed by atoms with Gasteiger partial charge < -0.3 is 15.4 Å². The van der Waals surface area contributed by atoms with E-state index in [1.54, 1.807) is 31.2 Å². The molecule has 0 spiro atoms. The van der Waals surface area contributed by atoms with Crippen LogP contribution in [0.1, 0.15) is 25.7 Å². The maximum atomic E-state index is 12.5. The minimum atomic E-state index is 0.0182. The lowest BCUT2D eigenvalue weighted by Crippen LogP contribution is -2.38. The van der Waals surface area contributed by atoms with Crippen molar-refractivity contribution in [2.45, 2.75) is 31.7 Å². The zero-order valence-electron chi connectivity index (χ0n) is 11.9. The highest BCUT2D eigenvalue weighted by atomic mass is 35.5. The van der Waals surface area contributed by atoms with Crippen LogP contribution < -0.4 is 15.4 Å². The average molecular weight is 297 g/mol. The smallest absolute Gasteiger partial charge is 0.229 e. The van der Waals surface area contributed by atoms with Gasteiger partial charge in [0.2, 0.25) is 5.91 Å². The molecule has 0 bridgehead atoms. The number of carbonyl (C=O) groups is 1. The molecule has 0 radical (unpaired) electrons. The first kappa shape index (κ1) is 15.1. The fraction of sp³-hybridized carbons (Fsp3) is 0.533. The normalized spacial score (nSPS) is 22.4. The van der Waals surface area contributed by atoms with Crippen LogP contribution in [0.4, 0.5) is 5.69 Å². The average Bonchev–Trinajstić information content (AvgIpc) is 2.45. The Morgan fingerprint density at radius 3 is 2.80 bits per heavy atom. The number of benzene rings is 1. The van der Waals surface area contributed by atoms with E-state index in [2.05, 4.69) is 0 Å². The topological polar surface area (TPSA) is 55.6 Å². The zero-order valence-corrected chi connectivity index (χ0v) is 12.7. The Labute approximate surface area is 124 Å². The van der Waals surface area contributed by atoms with Crippen molar-refractivity contribution >= 4 is 23.2 Å². The molecule has 0 heterocycles. The quantitative estimate of drug-likeness (QED) is 0.933. The summed E-state index contributed by atoms with van der Waals surface area (Å²) in [7, 11) is 3.35. The zero-order chi connectivity index (χ0) is 14.7. The molecular formula is C15H21ClN2O2. The Morgan fingerprint density at radius 1 is 1.45 bits per heavy atom. The van der Waals surface area contributed by atoms with Crippen LogP contribution in [-0.2, 0) is 4.79 Å². The highest BCUT2D eigenvalue weighted by molar-refractivity contribution is 6.32. The molecule has 110 valence electrons. The second kappa shape index (κ2) is 6.46. The van der Waals surface area contributed by atoms with E-state index >= 15 is 0 Å². The number of hydrogen-bond acceptors (Lipinski definition) is 3. The molecule has 1 aliphatic rings. The minimum absolute atomic E-state index is 0.0182. The Kier molecular flexibility index (Phi) is 4.89. The molecule has 5 heteroatoms. The maximum Gasteiger partial charge on any atom is 0.229 e. The van der Waals surface area contributed by atoms with Gasteiger partial charge in [0, 0.05) is 24.7 Å². The summed E-state index contributed by atoms with van der Waals surface area (Å²) in [5.41, 5.74) is 6.73. The first-order valence-electron chi connectivity index (χ1n) is 6.89. The molecule has 1 aliphatic carbocycles. The van der Waals surface area contributed by atoms with Crippen LogP contribution in [-0.4, -0.2) is 26.1 Å². The maximum absolute atomic E-state index is 12.5. The van der Waals surface area contributed by atoms with E-state index < -0.39 is 0 Å². The lowest BCUT2D eigenvalue weighted by Gasteiger charge is -2.29. The van der Waals surface area contributed by atoms with Crippen molar-refractivity contribution in [1.82, 2.24) is 0 Å². The van der Waals surface area contributed by atoms with Crippen molar-refractivity contribution in [3.63, 3.8) is 0 Å². The van der Waals surface area contributed by atoms with Crippen molar-refractivity contribution in [2.75, 3.05) is 19.1 Å². The molecule has 2 atom stereocenters. The number of anilines is 1. The van der Waals surface area contributed by atoms with Crippen molar-refractivity contribution in [3.05, 3.63) is 23.2 Å². The van der Waals surface area contributed by atoms with Gasteiger partial charge in [-0.2, -0.15) is 0 Å². The van der Waals surface area contributed by atoms with Gasteiger partial charge in [-0.3, -0.25) is 4.79 Å². The number of ether oxygens (including phenoxy) is 1. The van der Waals surface area contributed by atoms with E-state index in [1.807, 2.05) is 6.07 Å². The lowest BCUT2D eigenvalue weighted by atomic mass is 9.85. The van der Waals surface area contributed by atoms with Crippen LogP contribution in [0.2, 0.25) is 5.02 Å². The van der Waals surface area contributed by atoms with E-state index in [0.717, 1.165) is 31.4 Å². The van der Waals surface area contributed by atoms with Gasteiger partial charge in [0.05, 0.1) is 12.1 Å². The Balaban J connectivity index is 2.11. The third-order valence-corrected chi connectivity index (χ3v) is 4.21. The molecule has 2 rings (SSSR count). The molecule has 0 aliphatic heterocycles. The van der Waals surface area contributed by atoms with Crippen molar-refractivity contribution in [3.8, 4) is 5.75 Å². The van der Waals surface area contributed by atoms with Crippen molar-refractivity contribution in [1.29, 1.82) is 0 Å². The monoisotopic (exact) mass is 296 g/mol. The van der Waals surface area contributed by atoms with E-state index in [-0.39, 0.29) is 17.9 Å². The predicted octanol–water partition coefficient (Wildman–Crippen LogP) is 2.83. The first-order valence-corrected chi connectivity index (χ1v) is 7.27. The van der Waals surface area contributed by atoms with E-state index in [0.29, 0.717) is 10.8 Å². The molecule has 2 N–H and O–H groups in total. The molecule has 20 heavy (non-hydrogen) atoms. The summed E-state index contributed by atoms with van der Waals surface area (Å²) in [5.74, 6) is 0.738. The highest BCUT2D eigenvalue weighted by Gasteiger charge is 2.28.